The van der Waals surface area contributed by atoms with E-state index >= 15 is 0 Å². The minimum atomic E-state index is -1.11. The van der Waals surface area contributed by atoms with Crippen LogP contribution in [0.1, 0.15) is 23.9 Å². The van der Waals surface area contributed by atoms with E-state index in [0.29, 0.717) is 10.6 Å². The Hall–Kier alpha value is -3.26. The molecule has 0 spiro atoms. The summed E-state index contributed by atoms with van der Waals surface area (Å²) < 4.78 is 6.20. The Bertz CT molecular complexity index is 910. The summed E-state index contributed by atoms with van der Waals surface area (Å²) in [5.41, 5.74) is 0.564. The van der Waals surface area contributed by atoms with Crippen molar-refractivity contribution in [1.82, 2.24) is 9.78 Å². The largest absolute Gasteiger partial charge is 0.451 e. The molecular formula is C15H15N5O5S. The number of aryl methyl sites for hydroxylation is 1. The van der Waals surface area contributed by atoms with Crippen LogP contribution in [0, 0.1) is 35.3 Å². The molecule has 2 heterocycles. The van der Waals surface area contributed by atoms with Crippen molar-refractivity contribution >= 4 is 33.9 Å². The molecule has 0 aliphatic rings. The molecule has 0 radical (unpaired) electrons. The summed E-state index contributed by atoms with van der Waals surface area (Å²) >= 11 is 1.18. The van der Waals surface area contributed by atoms with E-state index in [1.165, 1.54) is 32.1 Å². The Balaban J connectivity index is 1.99. The van der Waals surface area contributed by atoms with Crippen LogP contribution in [-0.4, -0.2) is 32.7 Å². The number of carbonyl (C=O) groups is 2. The Morgan fingerprint density at radius 2 is 2.23 bits per heavy atom. The average molecular weight is 377 g/mol. The second-order valence-electron chi connectivity index (χ2n) is 5.33. The molecule has 0 aliphatic heterocycles. The lowest BCUT2D eigenvalue weighted by molar-refractivity contribution is -0.386. The van der Waals surface area contributed by atoms with Crippen LogP contribution < -0.4 is 5.32 Å². The van der Waals surface area contributed by atoms with Crippen LogP contribution in [0.15, 0.2) is 11.4 Å². The Morgan fingerprint density at radius 1 is 1.54 bits per heavy atom. The lowest BCUT2D eigenvalue weighted by Gasteiger charge is -2.13. The highest BCUT2D eigenvalue weighted by molar-refractivity contribution is 7.14. The van der Waals surface area contributed by atoms with E-state index < -0.39 is 22.9 Å². The monoisotopic (exact) mass is 377 g/mol. The third-order valence-corrected chi connectivity index (χ3v) is 4.33. The van der Waals surface area contributed by atoms with E-state index in [9.17, 15) is 19.7 Å². The molecule has 0 fully saturated rings. The number of rotatable bonds is 6. The highest BCUT2D eigenvalue weighted by atomic mass is 32.1. The summed E-state index contributed by atoms with van der Waals surface area (Å²) in [6, 6.07) is 3.50. The minimum Gasteiger partial charge on any atom is -0.451 e. The number of carbonyl (C=O) groups excluding carboxylic acids is 2. The molecule has 2 aromatic heterocycles. The molecule has 11 heteroatoms. The first-order chi connectivity index (χ1) is 12.2. The molecule has 26 heavy (non-hydrogen) atoms. The highest BCUT2D eigenvalue weighted by Gasteiger charge is 2.25. The van der Waals surface area contributed by atoms with Gasteiger partial charge >= 0.3 is 11.7 Å². The van der Waals surface area contributed by atoms with E-state index in [0.717, 1.165) is 4.68 Å². The minimum absolute atomic E-state index is 0.162. The van der Waals surface area contributed by atoms with E-state index in [1.54, 1.807) is 11.4 Å². The molecule has 0 saturated carbocycles. The zero-order valence-electron chi connectivity index (χ0n) is 14.2. The number of nitro groups is 1. The van der Waals surface area contributed by atoms with Crippen LogP contribution in [0.4, 0.5) is 10.7 Å². The average Bonchev–Trinajstić information content (AvgIpc) is 3.11. The Labute approximate surface area is 152 Å². The topological polar surface area (TPSA) is 140 Å². The summed E-state index contributed by atoms with van der Waals surface area (Å²) in [5.74, 6) is -1.35. The molecule has 2 rings (SSSR count). The number of ether oxygens (including phenoxy) is 1. The van der Waals surface area contributed by atoms with Gasteiger partial charge in [-0.15, -0.1) is 11.3 Å². The van der Waals surface area contributed by atoms with Gasteiger partial charge in [0.15, 0.2) is 6.10 Å². The van der Waals surface area contributed by atoms with E-state index in [1.807, 2.05) is 6.07 Å². The first-order valence-corrected chi connectivity index (χ1v) is 8.28. The van der Waals surface area contributed by atoms with Gasteiger partial charge in [-0.1, -0.05) is 0 Å². The smallest absolute Gasteiger partial charge is 0.328 e. The van der Waals surface area contributed by atoms with Crippen LogP contribution >= 0.6 is 11.3 Å². The highest BCUT2D eigenvalue weighted by Crippen LogP contribution is 2.23. The van der Waals surface area contributed by atoms with Crippen molar-refractivity contribution in [3.63, 3.8) is 0 Å². The molecular weight excluding hydrogens is 362 g/mol. The molecule has 0 aromatic carbocycles. The van der Waals surface area contributed by atoms with Crippen LogP contribution in [0.5, 0.6) is 0 Å². The van der Waals surface area contributed by atoms with Crippen LogP contribution in [0.3, 0.4) is 0 Å². The fraction of sp³-hybridized carbons (Fsp3) is 0.333. The first kappa shape index (κ1) is 19.1. The normalized spacial score (nSPS) is 11.5. The fourth-order valence-electron chi connectivity index (χ4n) is 2.22. The summed E-state index contributed by atoms with van der Waals surface area (Å²) in [4.78, 5) is 34.5. The number of hydrogen-bond donors (Lipinski definition) is 1. The number of nitriles is 1. The van der Waals surface area contributed by atoms with Gasteiger partial charge in [-0.25, -0.2) is 0 Å². The quantitative estimate of drug-likeness (QED) is 0.460. The predicted octanol–water partition coefficient (Wildman–Crippen LogP) is 1.91. The van der Waals surface area contributed by atoms with Gasteiger partial charge in [0.05, 0.1) is 10.5 Å². The van der Waals surface area contributed by atoms with Gasteiger partial charge in [-0.05, 0) is 32.2 Å². The van der Waals surface area contributed by atoms with Crippen molar-refractivity contribution in [3.05, 3.63) is 38.5 Å². The summed E-state index contributed by atoms with van der Waals surface area (Å²) in [5, 5.41) is 28.4. The Kier molecular flexibility index (Phi) is 5.68. The maximum Gasteiger partial charge on any atom is 0.328 e. The maximum atomic E-state index is 12.1. The van der Waals surface area contributed by atoms with Crippen LogP contribution in [0.2, 0.25) is 0 Å². The lowest BCUT2D eigenvalue weighted by Crippen LogP contribution is -2.31. The van der Waals surface area contributed by atoms with Gasteiger partial charge < -0.3 is 10.1 Å². The third-order valence-electron chi connectivity index (χ3n) is 3.50. The number of nitrogens with one attached hydrogen (secondary N) is 1. The molecule has 0 aliphatic carbocycles. The van der Waals surface area contributed by atoms with Gasteiger partial charge in [0, 0.05) is 0 Å². The van der Waals surface area contributed by atoms with E-state index in [4.69, 9.17) is 10.00 Å². The number of aromatic nitrogens is 2. The standard InChI is InChI=1S/C15H15N5O5S/c1-8-13(20(23)24)9(2)19(18-8)7-12(21)25-10(3)14(22)17-15-11(6-16)4-5-26-15/h4-5,10H,7H2,1-3H3,(H,17,22). The second-order valence-corrected chi connectivity index (χ2v) is 6.25. The third kappa shape index (κ3) is 4.04. The molecule has 10 nitrogen and oxygen atoms in total. The number of nitrogens with zero attached hydrogens (tertiary/aromatic N) is 4. The number of thiophene rings is 1. The predicted molar refractivity (Wildman–Crippen MR) is 91.6 cm³/mol. The molecule has 2 aromatic rings. The lowest BCUT2D eigenvalue weighted by atomic mass is 10.3. The van der Waals surface area contributed by atoms with Gasteiger partial charge in [0.25, 0.3) is 5.91 Å². The Morgan fingerprint density at radius 3 is 2.81 bits per heavy atom. The van der Waals surface area contributed by atoms with Crippen molar-refractivity contribution in [3.8, 4) is 6.07 Å². The fourth-order valence-corrected chi connectivity index (χ4v) is 2.96. The number of amides is 1. The molecule has 1 atom stereocenters. The molecule has 136 valence electrons. The van der Waals surface area contributed by atoms with E-state index in [-0.39, 0.29) is 23.6 Å². The van der Waals surface area contributed by atoms with Gasteiger partial charge in [-0.3, -0.25) is 24.4 Å². The van der Waals surface area contributed by atoms with Crippen molar-refractivity contribution in [1.29, 1.82) is 5.26 Å². The van der Waals surface area contributed by atoms with Crippen molar-refractivity contribution in [2.24, 2.45) is 0 Å². The molecule has 0 saturated heterocycles. The van der Waals surface area contributed by atoms with Crippen LogP contribution in [0.25, 0.3) is 0 Å². The van der Waals surface area contributed by atoms with Gasteiger partial charge in [0.1, 0.15) is 29.0 Å². The van der Waals surface area contributed by atoms with Gasteiger partial charge in [-0.2, -0.15) is 10.4 Å². The maximum absolute atomic E-state index is 12.1. The van der Waals surface area contributed by atoms with Crippen molar-refractivity contribution in [2.75, 3.05) is 5.32 Å². The number of anilines is 1. The summed E-state index contributed by atoms with van der Waals surface area (Å²) in [6.45, 7) is 3.97. The zero-order chi connectivity index (χ0) is 19.4. The molecule has 1 amide bonds. The van der Waals surface area contributed by atoms with Crippen molar-refractivity contribution < 1.29 is 19.2 Å². The molecule has 1 N–H and O–H groups in total. The molecule has 0 bridgehead atoms. The zero-order valence-corrected chi connectivity index (χ0v) is 15.0. The SMILES string of the molecule is Cc1nn(CC(=O)OC(C)C(=O)Nc2sccc2C#N)c(C)c1[N+](=O)[O-]. The summed E-state index contributed by atoms with van der Waals surface area (Å²) in [7, 11) is 0. The first-order valence-electron chi connectivity index (χ1n) is 7.41. The van der Waals surface area contributed by atoms with E-state index in [2.05, 4.69) is 10.4 Å². The number of esters is 1. The van der Waals surface area contributed by atoms with Crippen LogP contribution in [-0.2, 0) is 20.9 Å². The summed E-state index contributed by atoms with van der Waals surface area (Å²) in [6.07, 6.45) is -1.11. The van der Waals surface area contributed by atoms with Crippen molar-refractivity contribution in [2.45, 2.75) is 33.4 Å². The molecule has 1 unspecified atom stereocenters. The number of hydrogen-bond acceptors (Lipinski definition) is 8. The van der Waals surface area contributed by atoms with Gasteiger partial charge in [0.2, 0.25) is 0 Å². The second kappa shape index (κ2) is 7.75.